The first kappa shape index (κ1) is 9.98. The summed E-state index contributed by atoms with van der Waals surface area (Å²) in [6.45, 7) is 0. The predicted octanol–water partition coefficient (Wildman–Crippen LogP) is 3.63. The number of pyridine rings is 1. The molecule has 0 N–H and O–H groups in total. The van der Waals surface area contributed by atoms with Gasteiger partial charge in [-0.15, -0.1) is 0 Å². The van der Waals surface area contributed by atoms with Crippen LogP contribution in [0.4, 0.5) is 13.2 Å². The second-order valence-corrected chi connectivity index (χ2v) is 3.51. The number of rotatable bonds is 0. The molecular formula is C6H2Br2F3N. The summed E-state index contributed by atoms with van der Waals surface area (Å²) in [6, 6.07) is 0.912. The Bertz CT molecular complexity index is 297. The van der Waals surface area contributed by atoms with Crippen molar-refractivity contribution in [1.29, 1.82) is 0 Å². The first-order valence-electron chi connectivity index (χ1n) is 2.80. The monoisotopic (exact) mass is 303 g/mol. The van der Waals surface area contributed by atoms with E-state index in [0.717, 1.165) is 12.3 Å². The first-order valence-corrected chi connectivity index (χ1v) is 4.38. The Balaban J connectivity index is 3.26. The highest BCUT2D eigenvalue weighted by Crippen LogP contribution is 2.36. The fourth-order valence-corrected chi connectivity index (χ4v) is 1.43. The van der Waals surface area contributed by atoms with Crippen LogP contribution >= 0.6 is 31.9 Å². The van der Waals surface area contributed by atoms with Gasteiger partial charge in [0, 0.05) is 6.20 Å². The maximum atomic E-state index is 12.2. The molecule has 0 bridgehead atoms. The van der Waals surface area contributed by atoms with E-state index in [-0.39, 0.29) is 9.08 Å². The van der Waals surface area contributed by atoms with Crippen molar-refractivity contribution in [3.8, 4) is 0 Å². The molecule has 0 aliphatic carbocycles. The molecule has 0 spiro atoms. The van der Waals surface area contributed by atoms with E-state index in [1.807, 2.05) is 0 Å². The van der Waals surface area contributed by atoms with Gasteiger partial charge in [-0.3, -0.25) is 0 Å². The number of halogens is 5. The lowest BCUT2D eigenvalue weighted by Gasteiger charge is -2.08. The van der Waals surface area contributed by atoms with Crippen molar-refractivity contribution in [2.75, 3.05) is 0 Å². The molecule has 1 heterocycles. The van der Waals surface area contributed by atoms with Gasteiger partial charge in [0.1, 0.15) is 4.60 Å². The van der Waals surface area contributed by atoms with E-state index in [0.29, 0.717) is 0 Å². The maximum absolute atomic E-state index is 12.2. The zero-order chi connectivity index (χ0) is 9.35. The summed E-state index contributed by atoms with van der Waals surface area (Å²) in [4.78, 5) is 3.62. The standard InChI is InChI=1S/C6H2Br2F3N/c7-4-3(6(9,10)11)1-2-12-5(4)8/h1-2H. The molecule has 0 amide bonds. The van der Waals surface area contributed by atoms with Gasteiger partial charge in [-0.2, -0.15) is 13.2 Å². The van der Waals surface area contributed by atoms with Crippen molar-refractivity contribution < 1.29 is 13.2 Å². The minimum atomic E-state index is -4.34. The number of nitrogens with zero attached hydrogens (tertiary/aromatic N) is 1. The largest absolute Gasteiger partial charge is 0.417 e. The molecule has 0 saturated carbocycles. The molecule has 1 aromatic heterocycles. The summed E-state index contributed by atoms with van der Waals surface area (Å²) in [5.41, 5.74) is -0.732. The molecule has 0 atom stereocenters. The Kier molecular flexibility index (Phi) is 2.77. The zero-order valence-electron chi connectivity index (χ0n) is 5.49. The predicted molar refractivity (Wildman–Crippen MR) is 44.6 cm³/mol. The molecule has 1 nitrogen and oxygen atoms in total. The van der Waals surface area contributed by atoms with Crippen LogP contribution in [-0.2, 0) is 6.18 Å². The molecule has 0 aliphatic heterocycles. The molecule has 12 heavy (non-hydrogen) atoms. The maximum Gasteiger partial charge on any atom is 0.417 e. The fourth-order valence-electron chi connectivity index (χ4n) is 0.637. The SMILES string of the molecule is FC(F)(F)c1ccnc(Br)c1Br. The van der Waals surface area contributed by atoms with Gasteiger partial charge in [-0.1, -0.05) is 0 Å². The molecule has 0 aromatic carbocycles. The van der Waals surface area contributed by atoms with Crippen LogP contribution in [0.2, 0.25) is 0 Å². The van der Waals surface area contributed by atoms with Crippen molar-refractivity contribution in [3.63, 3.8) is 0 Å². The van der Waals surface area contributed by atoms with Gasteiger partial charge in [-0.25, -0.2) is 4.98 Å². The molecule has 0 aliphatic rings. The lowest BCUT2D eigenvalue weighted by atomic mass is 10.3. The summed E-state index contributed by atoms with van der Waals surface area (Å²) in [6.07, 6.45) is -3.25. The molecule has 0 radical (unpaired) electrons. The molecule has 0 fully saturated rings. The quantitative estimate of drug-likeness (QED) is 0.667. The van der Waals surface area contributed by atoms with Gasteiger partial charge >= 0.3 is 6.18 Å². The third kappa shape index (κ3) is 1.98. The second kappa shape index (κ2) is 3.33. The summed E-state index contributed by atoms with van der Waals surface area (Å²) >= 11 is 5.67. The van der Waals surface area contributed by atoms with Gasteiger partial charge in [0.05, 0.1) is 10.0 Å². The number of alkyl halides is 3. The van der Waals surface area contributed by atoms with Crippen molar-refractivity contribution in [2.45, 2.75) is 6.18 Å². The lowest BCUT2D eigenvalue weighted by molar-refractivity contribution is -0.138. The molecule has 0 saturated heterocycles. The van der Waals surface area contributed by atoms with Crippen LogP contribution in [0.1, 0.15) is 5.56 Å². The molecule has 1 aromatic rings. The van der Waals surface area contributed by atoms with E-state index in [4.69, 9.17) is 0 Å². The van der Waals surface area contributed by atoms with Crippen LogP contribution in [0.15, 0.2) is 21.3 Å². The average molecular weight is 305 g/mol. The Morgan fingerprint density at radius 1 is 1.25 bits per heavy atom. The van der Waals surface area contributed by atoms with E-state index in [2.05, 4.69) is 36.8 Å². The second-order valence-electron chi connectivity index (χ2n) is 1.96. The molecular weight excluding hydrogens is 303 g/mol. The average Bonchev–Trinajstić information content (AvgIpc) is 1.92. The van der Waals surface area contributed by atoms with Gasteiger partial charge in [-0.05, 0) is 37.9 Å². The molecule has 66 valence electrons. The third-order valence-corrected chi connectivity index (χ3v) is 3.09. The highest BCUT2D eigenvalue weighted by molar-refractivity contribution is 9.13. The summed E-state index contributed by atoms with van der Waals surface area (Å²) in [5.74, 6) is 0. The van der Waals surface area contributed by atoms with Crippen LogP contribution in [0.5, 0.6) is 0 Å². The van der Waals surface area contributed by atoms with E-state index in [9.17, 15) is 13.2 Å². The van der Waals surface area contributed by atoms with Crippen LogP contribution in [0.25, 0.3) is 0 Å². The van der Waals surface area contributed by atoms with Gasteiger partial charge in [0.2, 0.25) is 0 Å². The number of hydrogen-bond donors (Lipinski definition) is 0. The summed E-state index contributed by atoms with van der Waals surface area (Å²) in [5, 5.41) is 0. The Morgan fingerprint density at radius 2 is 1.83 bits per heavy atom. The fraction of sp³-hybridized carbons (Fsp3) is 0.167. The minimum absolute atomic E-state index is 0.0718. The molecule has 6 heteroatoms. The van der Waals surface area contributed by atoms with E-state index in [1.54, 1.807) is 0 Å². The topological polar surface area (TPSA) is 12.9 Å². The zero-order valence-corrected chi connectivity index (χ0v) is 8.66. The van der Waals surface area contributed by atoms with Crippen molar-refractivity contribution >= 4 is 31.9 Å². The van der Waals surface area contributed by atoms with E-state index in [1.165, 1.54) is 0 Å². The highest BCUT2D eigenvalue weighted by atomic mass is 79.9. The normalized spacial score (nSPS) is 11.8. The Hall–Kier alpha value is -0.100. The van der Waals surface area contributed by atoms with E-state index < -0.39 is 11.7 Å². The van der Waals surface area contributed by atoms with Gasteiger partial charge in [0.15, 0.2) is 0 Å². The Morgan fingerprint density at radius 3 is 2.25 bits per heavy atom. The van der Waals surface area contributed by atoms with Crippen LogP contribution < -0.4 is 0 Å². The van der Waals surface area contributed by atoms with Crippen molar-refractivity contribution in [2.24, 2.45) is 0 Å². The number of hydrogen-bond acceptors (Lipinski definition) is 1. The Labute approximate surface area is 83.2 Å². The smallest absolute Gasteiger partial charge is 0.248 e. The van der Waals surface area contributed by atoms with Crippen LogP contribution in [0, 0.1) is 0 Å². The number of aromatic nitrogens is 1. The van der Waals surface area contributed by atoms with Gasteiger partial charge in [0.25, 0.3) is 0 Å². The minimum Gasteiger partial charge on any atom is -0.248 e. The van der Waals surface area contributed by atoms with Crippen molar-refractivity contribution in [1.82, 2.24) is 4.98 Å². The lowest BCUT2D eigenvalue weighted by Crippen LogP contribution is -2.06. The first-order chi connectivity index (χ1) is 5.43. The molecule has 1 rings (SSSR count). The third-order valence-electron chi connectivity index (χ3n) is 1.15. The summed E-state index contributed by atoms with van der Waals surface area (Å²) < 4.78 is 36.5. The van der Waals surface area contributed by atoms with Crippen LogP contribution in [-0.4, -0.2) is 4.98 Å². The molecule has 0 unspecified atom stereocenters. The summed E-state index contributed by atoms with van der Waals surface area (Å²) in [7, 11) is 0. The van der Waals surface area contributed by atoms with E-state index >= 15 is 0 Å². The van der Waals surface area contributed by atoms with Gasteiger partial charge < -0.3 is 0 Å². The van der Waals surface area contributed by atoms with Crippen LogP contribution in [0.3, 0.4) is 0 Å². The highest BCUT2D eigenvalue weighted by Gasteiger charge is 2.33. The van der Waals surface area contributed by atoms with Crippen molar-refractivity contribution in [3.05, 3.63) is 26.9 Å².